The zero-order valence-electron chi connectivity index (χ0n) is 10.2. The summed E-state index contributed by atoms with van der Waals surface area (Å²) in [5.74, 6) is 0.594. The van der Waals surface area contributed by atoms with Gasteiger partial charge in [0.1, 0.15) is 0 Å². The Morgan fingerprint density at radius 3 is 2.81 bits per heavy atom. The number of aryl methyl sites for hydroxylation is 1. The van der Waals surface area contributed by atoms with Crippen molar-refractivity contribution in [2.45, 2.75) is 46.2 Å². The Labute approximate surface area is 106 Å². The molecule has 1 aromatic rings. The number of rotatable bonds is 4. The van der Waals surface area contributed by atoms with Gasteiger partial charge in [-0.1, -0.05) is 20.8 Å². The van der Waals surface area contributed by atoms with Crippen molar-refractivity contribution in [3.05, 3.63) is 16.4 Å². The second-order valence-electron chi connectivity index (χ2n) is 5.43. The van der Waals surface area contributed by atoms with Gasteiger partial charge in [0.25, 0.3) is 0 Å². The Morgan fingerprint density at radius 2 is 2.31 bits per heavy atom. The summed E-state index contributed by atoms with van der Waals surface area (Å²) in [7, 11) is 0. The molecule has 0 amide bonds. The predicted octanol–water partition coefficient (Wildman–Crippen LogP) is 3.10. The Balaban J connectivity index is 2.22. The summed E-state index contributed by atoms with van der Waals surface area (Å²) in [6, 6.07) is 0.110. The lowest BCUT2D eigenvalue weighted by atomic mass is 10.0. The van der Waals surface area contributed by atoms with Gasteiger partial charge in [0.05, 0.1) is 22.4 Å². The van der Waals surface area contributed by atoms with Crippen molar-refractivity contribution >= 4 is 15.9 Å². The molecule has 90 valence electrons. The van der Waals surface area contributed by atoms with Gasteiger partial charge < -0.3 is 5.73 Å². The minimum absolute atomic E-state index is 0.110. The van der Waals surface area contributed by atoms with E-state index in [0.717, 1.165) is 23.1 Å². The quantitative estimate of drug-likeness (QED) is 0.924. The molecule has 0 spiro atoms. The maximum Gasteiger partial charge on any atom is 0.0696 e. The van der Waals surface area contributed by atoms with Crippen LogP contribution in [0.1, 0.15) is 45.3 Å². The fourth-order valence-electron chi connectivity index (χ4n) is 2.40. The van der Waals surface area contributed by atoms with Crippen LogP contribution in [-0.2, 0) is 6.54 Å². The van der Waals surface area contributed by atoms with Gasteiger partial charge in [-0.25, -0.2) is 0 Å². The first kappa shape index (κ1) is 12.1. The number of aromatic nitrogens is 2. The fourth-order valence-corrected chi connectivity index (χ4v) is 2.97. The minimum Gasteiger partial charge on any atom is -0.322 e. The second-order valence-corrected chi connectivity index (χ2v) is 6.28. The highest BCUT2D eigenvalue weighted by molar-refractivity contribution is 9.10. The lowest BCUT2D eigenvalue weighted by Gasteiger charge is -2.16. The van der Waals surface area contributed by atoms with Crippen LogP contribution in [0.15, 0.2) is 10.7 Å². The molecule has 1 heterocycles. The zero-order chi connectivity index (χ0) is 11.9. The first-order valence-electron chi connectivity index (χ1n) is 5.94. The SMILES string of the molecule is CCCn1ncc(Br)c1C(N)C1CC1(C)C. The molecule has 2 unspecified atom stereocenters. The van der Waals surface area contributed by atoms with Crippen molar-refractivity contribution in [1.82, 2.24) is 9.78 Å². The van der Waals surface area contributed by atoms with Crippen molar-refractivity contribution in [3.8, 4) is 0 Å². The molecule has 0 aliphatic heterocycles. The molecule has 1 fully saturated rings. The van der Waals surface area contributed by atoms with Crippen LogP contribution in [0, 0.1) is 11.3 Å². The van der Waals surface area contributed by atoms with E-state index in [1.54, 1.807) is 0 Å². The van der Waals surface area contributed by atoms with Gasteiger partial charge in [-0.2, -0.15) is 5.10 Å². The Morgan fingerprint density at radius 1 is 1.69 bits per heavy atom. The summed E-state index contributed by atoms with van der Waals surface area (Å²) >= 11 is 3.56. The van der Waals surface area contributed by atoms with Crippen LogP contribution in [-0.4, -0.2) is 9.78 Å². The predicted molar refractivity (Wildman–Crippen MR) is 69.0 cm³/mol. The van der Waals surface area contributed by atoms with Crippen LogP contribution in [0.4, 0.5) is 0 Å². The minimum atomic E-state index is 0.110. The molecule has 1 aromatic heterocycles. The van der Waals surface area contributed by atoms with Crippen molar-refractivity contribution in [2.75, 3.05) is 0 Å². The molecule has 0 saturated heterocycles. The average molecular weight is 286 g/mol. The van der Waals surface area contributed by atoms with Crippen molar-refractivity contribution in [2.24, 2.45) is 17.1 Å². The highest BCUT2D eigenvalue weighted by atomic mass is 79.9. The molecular weight excluding hydrogens is 266 g/mol. The third kappa shape index (κ3) is 2.05. The van der Waals surface area contributed by atoms with Gasteiger partial charge in [-0.15, -0.1) is 0 Å². The molecule has 0 bridgehead atoms. The molecule has 2 rings (SSSR count). The molecule has 2 atom stereocenters. The van der Waals surface area contributed by atoms with Crippen molar-refractivity contribution < 1.29 is 0 Å². The summed E-state index contributed by atoms with van der Waals surface area (Å²) in [5.41, 5.74) is 7.93. The van der Waals surface area contributed by atoms with Crippen LogP contribution in [0.25, 0.3) is 0 Å². The molecule has 16 heavy (non-hydrogen) atoms. The first-order chi connectivity index (χ1) is 7.47. The monoisotopic (exact) mass is 285 g/mol. The topological polar surface area (TPSA) is 43.8 Å². The molecule has 1 aliphatic rings. The average Bonchev–Trinajstić information content (AvgIpc) is 2.68. The van der Waals surface area contributed by atoms with Gasteiger partial charge in [0, 0.05) is 6.54 Å². The molecule has 3 nitrogen and oxygen atoms in total. The van der Waals surface area contributed by atoms with E-state index in [9.17, 15) is 0 Å². The molecule has 4 heteroatoms. The zero-order valence-corrected chi connectivity index (χ0v) is 11.8. The van der Waals surface area contributed by atoms with Gasteiger partial charge in [-0.05, 0) is 40.1 Å². The molecule has 2 N–H and O–H groups in total. The summed E-state index contributed by atoms with van der Waals surface area (Å²) < 4.78 is 3.10. The largest absolute Gasteiger partial charge is 0.322 e. The van der Waals surface area contributed by atoms with E-state index in [2.05, 4.69) is 41.8 Å². The third-order valence-corrected chi connectivity index (χ3v) is 4.22. The molecule has 0 radical (unpaired) electrons. The number of halogens is 1. The lowest BCUT2D eigenvalue weighted by molar-refractivity contribution is 0.452. The van der Waals surface area contributed by atoms with Gasteiger partial charge in [-0.3, -0.25) is 4.68 Å². The normalized spacial score (nSPS) is 24.4. The first-order valence-corrected chi connectivity index (χ1v) is 6.73. The van der Waals surface area contributed by atoms with Crippen molar-refractivity contribution in [1.29, 1.82) is 0 Å². The Hall–Kier alpha value is -0.350. The Bertz CT molecular complexity index is 384. The van der Waals surface area contributed by atoms with E-state index >= 15 is 0 Å². The van der Waals surface area contributed by atoms with Gasteiger partial charge in [0.2, 0.25) is 0 Å². The third-order valence-electron chi connectivity index (χ3n) is 3.61. The Kier molecular flexibility index (Phi) is 3.14. The highest BCUT2D eigenvalue weighted by Gasteiger charge is 2.50. The maximum atomic E-state index is 6.36. The molecule has 1 aliphatic carbocycles. The van der Waals surface area contributed by atoms with Crippen LogP contribution < -0.4 is 5.73 Å². The molecular formula is C12H20BrN3. The lowest BCUT2D eigenvalue weighted by Crippen LogP contribution is -2.20. The number of hydrogen-bond acceptors (Lipinski definition) is 2. The number of nitrogens with zero attached hydrogens (tertiary/aromatic N) is 2. The van der Waals surface area contributed by atoms with Crippen LogP contribution >= 0.6 is 15.9 Å². The van der Waals surface area contributed by atoms with Crippen LogP contribution in [0.3, 0.4) is 0 Å². The van der Waals surface area contributed by atoms with Gasteiger partial charge >= 0.3 is 0 Å². The standard InChI is InChI=1S/C12H20BrN3/c1-4-5-16-11(9(13)7-15-16)10(14)8-6-12(8,2)3/h7-8,10H,4-6,14H2,1-3H3. The summed E-state index contributed by atoms with van der Waals surface area (Å²) in [4.78, 5) is 0. The van der Waals surface area contributed by atoms with E-state index in [1.165, 1.54) is 6.42 Å². The smallest absolute Gasteiger partial charge is 0.0696 e. The van der Waals surface area contributed by atoms with Gasteiger partial charge in [0.15, 0.2) is 0 Å². The van der Waals surface area contributed by atoms with E-state index in [-0.39, 0.29) is 6.04 Å². The highest BCUT2D eigenvalue weighted by Crippen LogP contribution is 2.57. The number of hydrogen-bond donors (Lipinski definition) is 1. The summed E-state index contributed by atoms with van der Waals surface area (Å²) in [6.45, 7) is 7.67. The maximum absolute atomic E-state index is 6.36. The van der Waals surface area contributed by atoms with E-state index in [1.807, 2.05) is 10.9 Å². The van der Waals surface area contributed by atoms with Crippen LogP contribution in [0.5, 0.6) is 0 Å². The fraction of sp³-hybridized carbons (Fsp3) is 0.750. The second kappa shape index (κ2) is 4.15. The van der Waals surface area contributed by atoms with E-state index in [0.29, 0.717) is 11.3 Å². The molecule has 0 aromatic carbocycles. The number of nitrogens with two attached hydrogens (primary N) is 1. The summed E-state index contributed by atoms with van der Waals surface area (Å²) in [6.07, 6.45) is 4.17. The molecule has 1 saturated carbocycles. The van der Waals surface area contributed by atoms with Crippen LogP contribution in [0.2, 0.25) is 0 Å². The van der Waals surface area contributed by atoms with Crippen molar-refractivity contribution in [3.63, 3.8) is 0 Å². The summed E-state index contributed by atoms with van der Waals surface area (Å²) in [5, 5.41) is 4.37. The van der Waals surface area contributed by atoms with E-state index < -0.39 is 0 Å². The van der Waals surface area contributed by atoms with E-state index in [4.69, 9.17) is 5.73 Å².